The van der Waals surface area contributed by atoms with E-state index in [1.54, 1.807) is 17.6 Å². The normalized spacial score (nSPS) is 20.5. The Morgan fingerprint density at radius 2 is 1.76 bits per heavy atom. The van der Waals surface area contributed by atoms with Gasteiger partial charge in [-0.3, -0.25) is 0 Å². The predicted octanol–water partition coefficient (Wildman–Crippen LogP) is 5.16. The van der Waals surface area contributed by atoms with E-state index in [9.17, 15) is 0 Å². The van der Waals surface area contributed by atoms with Crippen molar-refractivity contribution in [2.45, 2.75) is 39.2 Å². The second-order valence-electron chi connectivity index (χ2n) is 9.83. The summed E-state index contributed by atoms with van der Waals surface area (Å²) in [5, 5.41) is 3.06. The van der Waals surface area contributed by atoms with Crippen molar-refractivity contribution in [2.24, 2.45) is 9.98 Å². The molecule has 2 unspecified atom stereocenters. The maximum absolute atomic E-state index is 15.3. The summed E-state index contributed by atoms with van der Waals surface area (Å²) < 4.78 is 52.9. The number of amidine groups is 1. The number of aromatic nitrogens is 1. The number of benzene rings is 2. The summed E-state index contributed by atoms with van der Waals surface area (Å²) in [5.41, 5.74) is 2.62. The number of aliphatic imine (C=N–C) groups is 2. The van der Waals surface area contributed by atoms with Crippen LogP contribution in [0.3, 0.4) is 0 Å². The summed E-state index contributed by atoms with van der Waals surface area (Å²) >= 11 is 0. The third kappa shape index (κ3) is 4.90. The minimum atomic E-state index is -1.80. The van der Waals surface area contributed by atoms with Crippen LogP contribution < -0.4 is 15.0 Å². The quantitative estimate of drug-likeness (QED) is 0.514. The second kappa shape index (κ2) is 10.1. The van der Waals surface area contributed by atoms with E-state index in [0.29, 0.717) is 5.69 Å². The molecule has 3 aromatic rings. The van der Waals surface area contributed by atoms with E-state index < -0.39 is 29.8 Å². The minimum absolute atomic E-state index is 0.0175. The summed E-state index contributed by atoms with van der Waals surface area (Å²) in [6.45, 7) is 9.47. The van der Waals surface area contributed by atoms with Crippen LogP contribution in [0.25, 0.3) is 10.9 Å². The second-order valence-corrected chi connectivity index (χ2v) is 9.83. The number of piperazine rings is 1. The van der Waals surface area contributed by atoms with E-state index in [-0.39, 0.29) is 22.8 Å². The first-order chi connectivity index (χ1) is 17.7. The molecule has 7 nitrogen and oxygen atoms in total. The number of halogens is 3. The van der Waals surface area contributed by atoms with Crippen molar-refractivity contribution in [1.82, 2.24) is 9.47 Å². The molecule has 5 rings (SSSR count). The first-order valence-corrected chi connectivity index (χ1v) is 12.4. The zero-order chi connectivity index (χ0) is 26.3. The van der Waals surface area contributed by atoms with Gasteiger partial charge >= 0.3 is 0 Å². The number of alkyl halides is 1. The van der Waals surface area contributed by atoms with Crippen molar-refractivity contribution < 1.29 is 17.9 Å². The fourth-order valence-corrected chi connectivity index (χ4v) is 4.93. The summed E-state index contributed by atoms with van der Waals surface area (Å²) in [4.78, 5) is 12.5. The Labute approximate surface area is 214 Å². The first kappa shape index (κ1) is 25.1. The van der Waals surface area contributed by atoms with Gasteiger partial charge in [0.1, 0.15) is 12.2 Å². The Bertz CT molecular complexity index is 1340. The standard InChI is InChI=1S/C27H31F3N6O/c1-16(2)36-17(3)13-20-23(29)22(14-21(28)25(20)36)37-27-24(30)26(31-15-32-27)33-18-5-7-19(8-6-18)35-11-9-34(4)10-12-35/h5-8,13-16,24,27H,9-12H2,1-4H3,(H,31,32,33). The number of fused-ring (bicyclic) bond motifs is 1. The van der Waals surface area contributed by atoms with Crippen molar-refractivity contribution in [3.63, 3.8) is 0 Å². The lowest BCUT2D eigenvalue weighted by molar-refractivity contribution is 0.137. The fourth-order valence-electron chi connectivity index (χ4n) is 4.93. The van der Waals surface area contributed by atoms with Crippen LogP contribution >= 0.6 is 0 Å². The van der Waals surface area contributed by atoms with Crippen LogP contribution in [-0.2, 0) is 0 Å². The average Bonchev–Trinajstić information content (AvgIpc) is 3.24. The molecule has 2 aliphatic rings. The van der Waals surface area contributed by atoms with Gasteiger partial charge in [0.2, 0.25) is 12.4 Å². The van der Waals surface area contributed by atoms with E-state index in [2.05, 4.69) is 32.1 Å². The van der Waals surface area contributed by atoms with Gasteiger partial charge < -0.3 is 24.4 Å². The molecule has 1 aromatic heterocycles. The van der Waals surface area contributed by atoms with Crippen LogP contribution in [0.5, 0.6) is 5.75 Å². The molecule has 196 valence electrons. The molecule has 3 heterocycles. The molecular weight excluding hydrogens is 481 g/mol. The van der Waals surface area contributed by atoms with Crippen molar-refractivity contribution in [2.75, 3.05) is 43.4 Å². The average molecular weight is 513 g/mol. The van der Waals surface area contributed by atoms with E-state index in [1.165, 1.54) is 0 Å². The number of ether oxygens (including phenoxy) is 1. The zero-order valence-corrected chi connectivity index (χ0v) is 21.4. The summed E-state index contributed by atoms with van der Waals surface area (Å²) in [6, 6.07) is 10.1. The van der Waals surface area contributed by atoms with E-state index in [4.69, 9.17) is 4.74 Å². The molecule has 2 aliphatic heterocycles. The van der Waals surface area contributed by atoms with Gasteiger partial charge in [-0.2, -0.15) is 0 Å². The van der Waals surface area contributed by atoms with Gasteiger partial charge in [0.05, 0.1) is 5.52 Å². The lowest BCUT2D eigenvalue weighted by Crippen LogP contribution is -2.44. The van der Waals surface area contributed by atoms with Crippen molar-refractivity contribution in [1.29, 1.82) is 0 Å². The Balaban J connectivity index is 1.30. The van der Waals surface area contributed by atoms with Crippen LogP contribution in [0.4, 0.5) is 24.5 Å². The van der Waals surface area contributed by atoms with Gasteiger partial charge in [-0.05, 0) is 58.2 Å². The third-order valence-corrected chi connectivity index (χ3v) is 6.86. The van der Waals surface area contributed by atoms with E-state index >= 15 is 13.2 Å². The molecule has 0 amide bonds. The highest BCUT2D eigenvalue weighted by atomic mass is 19.1. The monoisotopic (exact) mass is 512 g/mol. The minimum Gasteiger partial charge on any atom is -0.462 e. The molecule has 0 bridgehead atoms. The molecular formula is C27H31F3N6O. The smallest absolute Gasteiger partial charge is 0.229 e. The molecule has 1 N–H and O–H groups in total. The Kier molecular flexibility index (Phi) is 6.85. The number of nitrogens with one attached hydrogen (secondary N) is 1. The molecule has 10 heteroatoms. The molecule has 0 spiro atoms. The SMILES string of the molecule is Cc1cc2c(F)c(OC3N=CN=C(Nc4ccc(N5CCN(C)CC5)cc4)C3F)cc(F)c2n1C(C)C. The highest BCUT2D eigenvalue weighted by Crippen LogP contribution is 2.34. The molecule has 0 aliphatic carbocycles. The highest BCUT2D eigenvalue weighted by Gasteiger charge is 2.32. The zero-order valence-electron chi connectivity index (χ0n) is 21.4. The summed E-state index contributed by atoms with van der Waals surface area (Å²) in [5.74, 6) is -1.81. The Hall–Kier alpha value is -3.53. The summed E-state index contributed by atoms with van der Waals surface area (Å²) in [6.07, 6.45) is -2.06. The van der Waals surface area contributed by atoms with Crippen LogP contribution in [0, 0.1) is 18.6 Å². The molecule has 1 saturated heterocycles. The number of anilines is 2. The molecule has 0 radical (unpaired) electrons. The lowest BCUT2D eigenvalue weighted by Gasteiger charge is -2.34. The number of rotatable bonds is 5. The van der Waals surface area contributed by atoms with Crippen molar-refractivity contribution in [3.05, 3.63) is 53.7 Å². The van der Waals surface area contributed by atoms with Crippen LogP contribution in [0.1, 0.15) is 25.6 Å². The van der Waals surface area contributed by atoms with Gasteiger partial charge in [-0.25, -0.2) is 23.2 Å². The van der Waals surface area contributed by atoms with Gasteiger partial charge in [0, 0.05) is 60.7 Å². The van der Waals surface area contributed by atoms with E-state index in [1.807, 2.05) is 38.1 Å². The topological polar surface area (TPSA) is 57.4 Å². The third-order valence-electron chi connectivity index (χ3n) is 6.86. The Morgan fingerprint density at radius 1 is 1.05 bits per heavy atom. The fraction of sp³-hybridized carbons (Fsp3) is 0.407. The molecule has 1 fully saturated rings. The molecule has 2 aromatic carbocycles. The van der Waals surface area contributed by atoms with Crippen molar-refractivity contribution >= 4 is 34.5 Å². The molecule has 2 atom stereocenters. The van der Waals surface area contributed by atoms with Gasteiger partial charge in [-0.15, -0.1) is 0 Å². The lowest BCUT2D eigenvalue weighted by atomic mass is 10.2. The summed E-state index contributed by atoms with van der Waals surface area (Å²) in [7, 11) is 2.11. The number of hydrogen-bond acceptors (Lipinski definition) is 6. The molecule has 37 heavy (non-hydrogen) atoms. The van der Waals surface area contributed by atoms with Gasteiger partial charge in [0.15, 0.2) is 17.4 Å². The maximum Gasteiger partial charge on any atom is 0.229 e. The number of hydrogen-bond donors (Lipinski definition) is 1. The molecule has 0 saturated carbocycles. The first-order valence-electron chi connectivity index (χ1n) is 12.4. The van der Waals surface area contributed by atoms with Crippen molar-refractivity contribution in [3.8, 4) is 5.75 Å². The number of likely N-dealkylation sites (N-methyl/N-ethyl adjacent to an activating group) is 1. The van der Waals surface area contributed by atoms with Crippen LogP contribution in [0.15, 0.2) is 46.4 Å². The van der Waals surface area contributed by atoms with E-state index in [0.717, 1.165) is 50.0 Å². The van der Waals surface area contributed by atoms with Crippen LogP contribution in [0.2, 0.25) is 0 Å². The van der Waals surface area contributed by atoms with Crippen LogP contribution in [-0.4, -0.2) is 67.3 Å². The van der Waals surface area contributed by atoms with Gasteiger partial charge in [-0.1, -0.05) is 0 Å². The van der Waals surface area contributed by atoms with Gasteiger partial charge in [0.25, 0.3) is 0 Å². The maximum atomic E-state index is 15.3. The Morgan fingerprint density at radius 3 is 2.43 bits per heavy atom. The largest absolute Gasteiger partial charge is 0.462 e. The number of nitrogens with zero attached hydrogens (tertiary/aromatic N) is 5. The number of aryl methyl sites for hydroxylation is 1. The highest BCUT2D eigenvalue weighted by molar-refractivity contribution is 6.03. The predicted molar refractivity (Wildman–Crippen MR) is 142 cm³/mol.